The highest BCUT2D eigenvalue weighted by Crippen LogP contribution is 2.26. The average Bonchev–Trinajstić information content (AvgIpc) is 3.34. The largest absolute Gasteiger partial charge is 0.481 e. The summed E-state index contributed by atoms with van der Waals surface area (Å²) in [7, 11) is 2.82. The van der Waals surface area contributed by atoms with Crippen molar-refractivity contribution >= 4 is 11.6 Å². The number of carbonyl (C=O) groups is 2. The Morgan fingerprint density at radius 2 is 1.60 bits per heavy atom. The van der Waals surface area contributed by atoms with E-state index < -0.39 is 12.0 Å². The number of hydrogen-bond donors (Lipinski definition) is 1. The Balaban J connectivity index is 0.000000269. The van der Waals surface area contributed by atoms with E-state index in [-0.39, 0.29) is 28.7 Å². The molecule has 0 radical (unpaired) electrons. The van der Waals surface area contributed by atoms with Gasteiger partial charge in [-0.15, -0.1) is 5.10 Å². The maximum Gasteiger partial charge on any atom is 0.451 e. The molecule has 30 heavy (non-hydrogen) atoms. The second-order valence-corrected chi connectivity index (χ2v) is 5.69. The molecule has 0 atom stereocenters. The highest BCUT2D eigenvalue weighted by molar-refractivity contribution is 5.96. The maximum atomic E-state index is 12.3. The van der Waals surface area contributed by atoms with Gasteiger partial charge in [0.1, 0.15) is 5.69 Å². The molecule has 0 aliphatic rings. The number of hydrogen-bond acceptors (Lipinski definition) is 8. The number of methoxy groups -OCH3 is 2. The van der Waals surface area contributed by atoms with E-state index in [0.29, 0.717) is 11.4 Å². The molecule has 0 aromatic carbocycles. The van der Waals surface area contributed by atoms with Crippen molar-refractivity contribution in [2.45, 2.75) is 20.0 Å². The van der Waals surface area contributed by atoms with E-state index in [1.165, 1.54) is 45.1 Å². The van der Waals surface area contributed by atoms with Crippen molar-refractivity contribution in [2.24, 2.45) is 0 Å². The molecular formula is C17H17F3N6O4. The molecular weight excluding hydrogens is 409 g/mol. The quantitative estimate of drug-likeness (QED) is 0.617. The minimum absolute atomic E-state index is 0.0504. The number of ether oxygens (including phenoxy) is 2. The van der Waals surface area contributed by atoms with E-state index in [4.69, 9.17) is 9.47 Å². The summed E-state index contributed by atoms with van der Waals surface area (Å²) in [6, 6.07) is 0. The molecule has 0 aliphatic carbocycles. The van der Waals surface area contributed by atoms with E-state index in [1.54, 1.807) is 0 Å². The molecule has 13 heteroatoms. The normalized spacial score (nSPS) is 10.8. The topological polar surface area (TPSA) is 125 Å². The van der Waals surface area contributed by atoms with Gasteiger partial charge in [0.05, 0.1) is 43.9 Å². The monoisotopic (exact) mass is 426 g/mol. The zero-order valence-corrected chi connectivity index (χ0v) is 16.3. The predicted octanol–water partition coefficient (Wildman–Crippen LogP) is 2.51. The standard InChI is InChI=1S/C11H9F3N4O2.C6H8N2O2/c1-6(19)8-5-18(17-9(8)20-2)7-3-15-10(16-4-7)11(12,13)14;1-4(9)5-3-7-8-6(5)10-2/h3-5H,1-2H3;3H,1-2H3,(H,7,8). The van der Waals surface area contributed by atoms with Crippen LogP contribution in [0.2, 0.25) is 0 Å². The Bertz CT molecular complexity index is 1030. The Morgan fingerprint density at radius 3 is 2.00 bits per heavy atom. The van der Waals surface area contributed by atoms with Crippen LogP contribution in [0.3, 0.4) is 0 Å². The summed E-state index contributed by atoms with van der Waals surface area (Å²) in [5.41, 5.74) is 0.888. The molecule has 3 heterocycles. The SMILES string of the molecule is COc1[nH]ncc1C(C)=O.COc1nn(-c2cnc(C(F)(F)F)nc2)cc1C(C)=O. The van der Waals surface area contributed by atoms with Crippen molar-refractivity contribution in [3.63, 3.8) is 0 Å². The molecule has 0 unspecified atom stereocenters. The highest BCUT2D eigenvalue weighted by atomic mass is 19.4. The predicted molar refractivity (Wildman–Crippen MR) is 95.9 cm³/mol. The summed E-state index contributed by atoms with van der Waals surface area (Å²) < 4.78 is 47.9. The van der Waals surface area contributed by atoms with Gasteiger partial charge in [-0.1, -0.05) is 0 Å². The van der Waals surface area contributed by atoms with Gasteiger partial charge in [-0.05, 0) is 13.8 Å². The van der Waals surface area contributed by atoms with Gasteiger partial charge in [0.2, 0.25) is 17.6 Å². The summed E-state index contributed by atoms with van der Waals surface area (Å²) in [4.78, 5) is 28.5. The molecule has 0 spiro atoms. The summed E-state index contributed by atoms with van der Waals surface area (Å²) in [5.74, 6) is -1.07. The number of carbonyl (C=O) groups excluding carboxylic acids is 2. The van der Waals surface area contributed by atoms with Crippen molar-refractivity contribution in [2.75, 3.05) is 14.2 Å². The van der Waals surface area contributed by atoms with E-state index in [1.807, 2.05) is 0 Å². The zero-order chi connectivity index (χ0) is 22.5. The Labute approximate surface area is 168 Å². The minimum atomic E-state index is -4.61. The maximum absolute atomic E-state index is 12.3. The van der Waals surface area contributed by atoms with Crippen LogP contribution in [0.4, 0.5) is 13.2 Å². The van der Waals surface area contributed by atoms with Crippen LogP contribution in [0.25, 0.3) is 5.69 Å². The summed E-state index contributed by atoms with van der Waals surface area (Å²) in [6.45, 7) is 2.79. The lowest BCUT2D eigenvalue weighted by atomic mass is 10.2. The van der Waals surface area contributed by atoms with Crippen LogP contribution >= 0.6 is 0 Å². The van der Waals surface area contributed by atoms with Crippen LogP contribution in [0.15, 0.2) is 24.8 Å². The van der Waals surface area contributed by atoms with Crippen LogP contribution in [0, 0.1) is 0 Å². The molecule has 1 N–H and O–H groups in total. The molecule has 0 fully saturated rings. The first-order chi connectivity index (χ1) is 14.1. The molecule has 10 nitrogen and oxygen atoms in total. The van der Waals surface area contributed by atoms with E-state index >= 15 is 0 Å². The number of aromatic nitrogens is 6. The van der Waals surface area contributed by atoms with Crippen molar-refractivity contribution in [1.82, 2.24) is 29.9 Å². The number of Topliss-reactive ketones (excluding diaryl/α,β-unsaturated/α-hetero) is 2. The molecule has 3 rings (SSSR count). The minimum Gasteiger partial charge on any atom is -0.481 e. The van der Waals surface area contributed by atoms with Crippen molar-refractivity contribution < 1.29 is 32.2 Å². The summed E-state index contributed by atoms with van der Waals surface area (Å²) in [6.07, 6.45) is 0.109. The number of aromatic amines is 1. The first-order valence-corrected chi connectivity index (χ1v) is 8.21. The third-order valence-corrected chi connectivity index (χ3v) is 3.60. The molecule has 3 aromatic heterocycles. The molecule has 3 aromatic rings. The third kappa shape index (κ3) is 5.18. The van der Waals surface area contributed by atoms with Gasteiger partial charge in [0.15, 0.2) is 11.6 Å². The van der Waals surface area contributed by atoms with E-state index in [2.05, 4.69) is 25.3 Å². The first-order valence-electron chi connectivity index (χ1n) is 8.21. The third-order valence-electron chi connectivity index (χ3n) is 3.60. The Kier molecular flexibility index (Phi) is 6.87. The lowest BCUT2D eigenvalue weighted by Crippen LogP contribution is -2.11. The van der Waals surface area contributed by atoms with Crippen LogP contribution < -0.4 is 9.47 Å². The number of alkyl halides is 3. The smallest absolute Gasteiger partial charge is 0.451 e. The van der Waals surface area contributed by atoms with Crippen LogP contribution in [-0.2, 0) is 6.18 Å². The lowest BCUT2D eigenvalue weighted by molar-refractivity contribution is -0.145. The molecule has 0 amide bonds. The number of ketones is 2. The zero-order valence-electron chi connectivity index (χ0n) is 16.3. The van der Waals surface area contributed by atoms with E-state index in [0.717, 1.165) is 12.4 Å². The lowest BCUT2D eigenvalue weighted by Gasteiger charge is -2.05. The fraction of sp³-hybridized carbons (Fsp3) is 0.294. The van der Waals surface area contributed by atoms with Gasteiger partial charge in [-0.2, -0.15) is 18.3 Å². The first kappa shape index (κ1) is 22.5. The summed E-state index contributed by atoms with van der Waals surface area (Å²) in [5, 5.41) is 10.1. The van der Waals surface area contributed by atoms with Gasteiger partial charge >= 0.3 is 6.18 Å². The van der Waals surface area contributed by atoms with Crippen molar-refractivity contribution in [3.05, 3.63) is 41.7 Å². The second-order valence-electron chi connectivity index (χ2n) is 5.69. The number of nitrogens with one attached hydrogen (secondary N) is 1. The number of halogens is 3. The van der Waals surface area contributed by atoms with E-state index in [9.17, 15) is 22.8 Å². The van der Waals surface area contributed by atoms with Crippen LogP contribution in [0.1, 0.15) is 40.4 Å². The van der Waals surface area contributed by atoms with Gasteiger partial charge in [-0.3, -0.25) is 9.59 Å². The second kappa shape index (κ2) is 9.15. The molecule has 160 valence electrons. The fourth-order valence-electron chi connectivity index (χ4n) is 2.15. The molecule has 0 aliphatic heterocycles. The summed E-state index contributed by atoms with van der Waals surface area (Å²) >= 11 is 0. The number of H-pyrrole nitrogens is 1. The van der Waals surface area contributed by atoms with Gasteiger partial charge < -0.3 is 9.47 Å². The molecule has 0 bridgehead atoms. The van der Waals surface area contributed by atoms with Crippen LogP contribution in [0.5, 0.6) is 11.8 Å². The van der Waals surface area contributed by atoms with Crippen molar-refractivity contribution in [1.29, 1.82) is 0 Å². The molecule has 0 saturated heterocycles. The Morgan fingerprint density at radius 1 is 1.00 bits per heavy atom. The number of rotatable bonds is 5. The number of nitrogens with zero attached hydrogens (tertiary/aromatic N) is 5. The fourth-order valence-corrected chi connectivity index (χ4v) is 2.15. The Hall–Kier alpha value is -3.77. The van der Waals surface area contributed by atoms with Crippen LogP contribution in [-0.4, -0.2) is 55.7 Å². The molecule has 0 saturated carbocycles. The van der Waals surface area contributed by atoms with Crippen molar-refractivity contribution in [3.8, 4) is 17.4 Å². The van der Waals surface area contributed by atoms with Gasteiger partial charge in [0.25, 0.3) is 0 Å². The highest BCUT2D eigenvalue weighted by Gasteiger charge is 2.34. The van der Waals surface area contributed by atoms with Gasteiger partial charge in [0, 0.05) is 6.20 Å². The average molecular weight is 426 g/mol. The van der Waals surface area contributed by atoms with Gasteiger partial charge in [-0.25, -0.2) is 19.7 Å².